The number of hydrogen-bond donors (Lipinski definition) is 0. The molecule has 0 atom stereocenters. The summed E-state index contributed by atoms with van der Waals surface area (Å²) in [5.41, 5.74) is 0.318. The van der Waals surface area contributed by atoms with Crippen LogP contribution in [0.2, 0.25) is 4.47 Å². The van der Waals surface area contributed by atoms with Gasteiger partial charge in [0, 0.05) is 5.41 Å². The Morgan fingerprint density at radius 1 is 1.06 bits per heavy atom. The number of halogens is 1. The number of aromatic nitrogens is 2. The minimum Gasteiger partial charge on any atom is -0.208 e. The second-order valence-electron chi connectivity index (χ2n) is 6.07. The second-order valence-corrected chi connectivity index (χ2v) is 7.40. The van der Waals surface area contributed by atoms with Crippen LogP contribution in [0.3, 0.4) is 0 Å². The van der Waals surface area contributed by atoms with Gasteiger partial charge >= 0.3 is 0 Å². The first-order chi connectivity index (χ1) is 7.73. The average Bonchev–Trinajstić information content (AvgIpc) is 2.63. The highest BCUT2D eigenvalue weighted by molar-refractivity contribution is 7.10. The molecule has 4 saturated carbocycles. The third-order valence-electron chi connectivity index (χ3n) is 4.91. The first kappa shape index (κ1) is 9.84. The normalized spacial score (nSPS) is 45.2. The molecule has 0 radical (unpaired) electrons. The van der Waals surface area contributed by atoms with Gasteiger partial charge in [-0.05, 0) is 79.4 Å². The van der Waals surface area contributed by atoms with Crippen molar-refractivity contribution in [3.63, 3.8) is 0 Å². The fourth-order valence-electron chi connectivity index (χ4n) is 4.80. The van der Waals surface area contributed by atoms with Crippen LogP contribution in [-0.4, -0.2) is 9.36 Å². The van der Waals surface area contributed by atoms with Crippen LogP contribution in [0, 0.1) is 17.8 Å². The average molecular weight is 255 g/mol. The molecule has 0 saturated heterocycles. The van der Waals surface area contributed by atoms with Gasteiger partial charge in [-0.1, -0.05) is 0 Å². The number of nitrogens with zero attached hydrogens (tertiary/aromatic N) is 2. The third kappa shape index (κ3) is 1.31. The molecular formula is C12H15ClN2S. The molecule has 1 aromatic heterocycles. The predicted molar refractivity (Wildman–Crippen MR) is 64.8 cm³/mol. The summed E-state index contributed by atoms with van der Waals surface area (Å²) in [4.78, 5) is 4.47. The number of hydrogen-bond acceptors (Lipinski definition) is 3. The van der Waals surface area contributed by atoms with E-state index in [-0.39, 0.29) is 0 Å². The predicted octanol–water partition coefficient (Wildman–Crippen LogP) is 3.66. The van der Waals surface area contributed by atoms with Crippen LogP contribution in [-0.2, 0) is 5.41 Å². The van der Waals surface area contributed by atoms with Crippen molar-refractivity contribution in [3.05, 3.63) is 10.3 Å². The van der Waals surface area contributed by atoms with Crippen LogP contribution in [0.1, 0.15) is 44.3 Å². The van der Waals surface area contributed by atoms with Gasteiger partial charge in [-0.3, -0.25) is 0 Å². The molecule has 0 spiro atoms. The first-order valence-electron chi connectivity index (χ1n) is 6.23. The van der Waals surface area contributed by atoms with Gasteiger partial charge in [0.2, 0.25) is 4.47 Å². The monoisotopic (exact) mass is 254 g/mol. The zero-order valence-corrected chi connectivity index (χ0v) is 10.7. The van der Waals surface area contributed by atoms with Crippen molar-refractivity contribution in [2.45, 2.75) is 43.9 Å². The van der Waals surface area contributed by atoms with E-state index in [1.54, 1.807) is 0 Å². The Bertz CT molecular complexity index is 393. The summed E-state index contributed by atoms with van der Waals surface area (Å²) >= 11 is 7.30. The highest BCUT2D eigenvalue weighted by Crippen LogP contribution is 2.60. The molecule has 0 aliphatic heterocycles. The molecule has 86 valence electrons. The second kappa shape index (κ2) is 3.20. The van der Waals surface area contributed by atoms with E-state index in [0.717, 1.165) is 23.6 Å². The van der Waals surface area contributed by atoms with Gasteiger partial charge in [-0.25, -0.2) is 4.98 Å². The lowest BCUT2D eigenvalue weighted by atomic mass is 9.49. The maximum Gasteiger partial charge on any atom is 0.203 e. The molecule has 0 aromatic carbocycles. The van der Waals surface area contributed by atoms with Crippen LogP contribution in [0.4, 0.5) is 0 Å². The standard InChI is InChI=1S/C12H15ClN2S/c13-11-14-10(15-16-11)12-4-7-1-8(5-12)3-9(2-7)6-12/h7-9H,1-6H2. The molecule has 4 bridgehead atoms. The molecule has 1 heterocycles. The Morgan fingerprint density at radius 3 is 2.06 bits per heavy atom. The van der Waals surface area contributed by atoms with Crippen molar-refractivity contribution in [3.8, 4) is 0 Å². The van der Waals surface area contributed by atoms with Crippen LogP contribution >= 0.6 is 23.1 Å². The summed E-state index contributed by atoms with van der Waals surface area (Å²) < 4.78 is 5.12. The zero-order valence-electron chi connectivity index (χ0n) is 9.16. The maximum absolute atomic E-state index is 5.95. The molecule has 5 rings (SSSR count). The summed E-state index contributed by atoms with van der Waals surface area (Å²) in [7, 11) is 0. The van der Waals surface area contributed by atoms with Crippen LogP contribution < -0.4 is 0 Å². The third-order valence-corrected chi connectivity index (χ3v) is 5.71. The topological polar surface area (TPSA) is 25.8 Å². The van der Waals surface area contributed by atoms with Gasteiger partial charge in [0.15, 0.2) is 0 Å². The van der Waals surface area contributed by atoms with Gasteiger partial charge in [-0.15, -0.1) is 0 Å². The summed E-state index contributed by atoms with van der Waals surface area (Å²) in [6, 6.07) is 0. The zero-order chi connectivity index (χ0) is 10.8. The van der Waals surface area contributed by atoms with Crippen LogP contribution in [0.15, 0.2) is 0 Å². The molecule has 4 heteroatoms. The molecular weight excluding hydrogens is 240 g/mol. The van der Waals surface area contributed by atoms with E-state index in [1.165, 1.54) is 50.1 Å². The molecule has 0 N–H and O–H groups in total. The molecule has 2 nitrogen and oxygen atoms in total. The Kier molecular flexibility index (Phi) is 1.97. The molecule has 0 unspecified atom stereocenters. The Balaban J connectivity index is 1.76. The lowest BCUT2D eigenvalue weighted by Crippen LogP contribution is -2.49. The minimum absolute atomic E-state index is 0.318. The summed E-state index contributed by atoms with van der Waals surface area (Å²) in [5, 5.41) is 0. The van der Waals surface area contributed by atoms with Gasteiger partial charge in [0.1, 0.15) is 5.82 Å². The summed E-state index contributed by atoms with van der Waals surface area (Å²) in [6.07, 6.45) is 8.38. The van der Waals surface area contributed by atoms with E-state index in [0.29, 0.717) is 9.88 Å². The molecule has 4 fully saturated rings. The van der Waals surface area contributed by atoms with E-state index in [2.05, 4.69) is 9.36 Å². The highest BCUT2D eigenvalue weighted by atomic mass is 35.5. The van der Waals surface area contributed by atoms with Gasteiger partial charge in [0.05, 0.1) is 0 Å². The van der Waals surface area contributed by atoms with Crippen molar-refractivity contribution >= 4 is 23.1 Å². The summed E-state index contributed by atoms with van der Waals surface area (Å²) in [6.45, 7) is 0. The SMILES string of the molecule is Clc1nc(C23CC4CC(CC(C4)C2)C3)ns1. The smallest absolute Gasteiger partial charge is 0.203 e. The van der Waals surface area contributed by atoms with Crippen molar-refractivity contribution in [1.82, 2.24) is 9.36 Å². The fourth-order valence-corrected chi connectivity index (χ4v) is 5.51. The first-order valence-corrected chi connectivity index (χ1v) is 7.38. The van der Waals surface area contributed by atoms with E-state index in [4.69, 9.17) is 11.6 Å². The fraction of sp³-hybridized carbons (Fsp3) is 0.833. The van der Waals surface area contributed by atoms with Crippen molar-refractivity contribution < 1.29 is 0 Å². The minimum atomic E-state index is 0.318. The van der Waals surface area contributed by atoms with Crippen molar-refractivity contribution in [2.24, 2.45) is 17.8 Å². The Morgan fingerprint density at radius 2 is 1.62 bits per heavy atom. The highest BCUT2D eigenvalue weighted by Gasteiger charge is 2.53. The Hall–Kier alpha value is -0.150. The molecule has 16 heavy (non-hydrogen) atoms. The van der Waals surface area contributed by atoms with E-state index >= 15 is 0 Å². The number of rotatable bonds is 1. The van der Waals surface area contributed by atoms with Crippen LogP contribution in [0.5, 0.6) is 0 Å². The molecule has 4 aliphatic rings. The van der Waals surface area contributed by atoms with Crippen molar-refractivity contribution in [1.29, 1.82) is 0 Å². The lowest BCUT2D eigenvalue weighted by Gasteiger charge is -2.55. The van der Waals surface area contributed by atoms with Gasteiger partial charge in [0.25, 0.3) is 0 Å². The van der Waals surface area contributed by atoms with Gasteiger partial charge < -0.3 is 0 Å². The van der Waals surface area contributed by atoms with Crippen LogP contribution in [0.25, 0.3) is 0 Å². The molecule has 4 aliphatic carbocycles. The van der Waals surface area contributed by atoms with E-state index in [9.17, 15) is 0 Å². The quantitative estimate of drug-likeness (QED) is 0.764. The lowest BCUT2D eigenvalue weighted by molar-refractivity contribution is -0.00883. The van der Waals surface area contributed by atoms with Crippen molar-refractivity contribution in [2.75, 3.05) is 0 Å². The maximum atomic E-state index is 5.95. The molecule has 0 amide bonds. The van der Waals surface area contributed by atoms with E-state index in [1.807, 2.05) is 0 Å². The Labute approximate surface area is 105 Å². The van der Waals surface area contributed by atoms with Gasteiger partial charge in [-0.2, -0.15) is 4.37 Å². The van der Waals surface area contributed by atoms with E-state index < -0.39 is 0 Å². The largest absolute Gasteiger partial charge is 0.208 e. The molecule has 1 aromatic rings. The summed E-state index contributed by atoms with van der Waals surface area (Å²) in [5.74, 6) is 3.93.